The molecule has 0 aliphatic rings. The van der Waals surface area contributed by atoms with Gasteiger partial charge in [0.1, 0.15) is 5.69 Å². The van der Waals surface area contributed by atoms with E-state index >= 15 is 0 Å². The van der Waals surface area contributed by atoms with Gasteiger partial charge in [-0.05, 0) is 18.2 Å². The topological polar surface area (TPSA) is 112 Å². The molecule has 0 unspecified atom stereocenters. The molecule has 3 rings (SSSR count). The summed E-state index contributed by atoms with van der Waals surface area (Å²) in [5, 5.41) is 16.7. The number of nitrogen functional groups attached to an aromatic ring is 1. The number of aromatic nitrogens is 4. The quantitative estimate of drug-likeness (QED) is 0.539. The van der Waals surface area contributed by atoms with Gasteiger partial charge >= 0.3 is 0 Å². The fourth-order valence-electron chi connectivity index (χ4n) is 1.69. The van der Waals surface area contributed by atoms with E-state index in [9.17, 15) is 4.79 Å². The number of fused-ring (bicyclic) bond motifs is 1. The van der Waals surface area contributed by atoms with Gasteiger partial charge in [-0.15, -0.1) is 0 Å². The molecule has 1 aromatic carbocycles. The van der Waals surface area contributed by atoms with E-state index in [2.05, 4.69) is 25.7 Å². The third-order valence-corrected chi connectivity index (χ3v) is 2.60. The second-order valence-corrected chi connectivity index (χ2v) is 3.83. The van der Waals surface area contributed by atoms with Crippen LogP contribution in [0, 0.1) is 0 Å². The Labute approximate surface area is 101 Å². The van der Waals surface area contributed by atoms with Crippen molar-refractivity contribution in [3.8, 4) is 0 Å². The molecule has 0 fully saturated rings. The molecule has 0 radical (unpaired) electrons. The van der Waals surface area contributed by atoms with Gasteiger partial charge in [0.25, 0.3) is 5.91 Å². The maximum Gasteiger partial charge on any atom is 0.275 e. The Morgan fingerprint density at radius 3 is 2.83 bits per heavy atom. The van der Waals surface area contributed by atoms with Gasteiger partial charge < -0.3 is 11.1 Å². The molecule has 1 amide bonds. The van der Waals surface area contributed by atoms with Crippen molar-refractivity contribution in [3.63, 3.8) is 0 Å². The van der Waals surface area contributed by atoms with Crippen LogP contribution in [0.3, 0.4) is 0 Å². The van der Waals surface area contributed by atoms with Crippen molar-refractivity contribution >= 4 is 28.2 Å². The highest BCUT2D eigenvalue weighted by Crippen LogP contribution is 2.17. The summed E-state index contributed by atoms with van der Waals surface area (Å²) in [6.45, 7) is 0. The van der Waals surface area contributed by atoms with Gasteiger partial charge in [-0.2, -0.15) is 10.2 Å². The molecule has 7 nitrogen and oxygen atoms in total. The zero-order chi connectivity index (χ0) is 12.5. The van der Waals surface area contributed by atoms with Crippen molar-refractivity contribution in [1.29, 1.82) is 0 Å². The highest BCUT2D eigenvalue weighted by Gasteiger charge is 2.12. The smallest absolute Gasteiger partial charge is 0.275 e. The standard InChI is InChI=1S/C11H10N6O/c12-8-5-14-17-10(8)11(18)15-7-2-1-6-4-13-16-9(6)3-7/h1-5H,12H2,(H,13,16)(H,14,17)(H,15,18). The number of nitrogens with zero attached hydrogens (tertiary/aromatic N) is 2. The van der Waals surface area contributed by atoms with E-state index in [4.69, 9.17) is 5.73 Å². The van der Waals surface area contributed by atoms with Crippen LogP contribution in [0.5, 0.6) is 0 Å². The molecule has 0 saturated carbocycles. The number of hydrogen-bond acceptors (Lipinski definition) is 4. The lowest BCUT2D eigenvalue weighted by atomic mass is 10.2. The van der Waals surface area contributed by atoms with Gasteiger partial charge in [-0.25, -0.2) is 0 Å². The fourth-order valence-corrected chi connectivity index (χ4v) is 1.69. The van der Waals surface area contributed by atoms with Gasteiger partial charge in [-0.3, -0.25) is 15.0 Å². The first-order valence-electron chi connectivity index (χ1n) is 5.27. The summed E-state index contributed by atoms with van der Waals surface area (Å²) in [4.78, 5) is 11.9. The molecular formula is C11H10N6O. The van der Waals surface area contributed by atoms with E-state index < -0.39 is 0 Å². The van der Waals surface area contributed by atoms with E-state index in [1.165, 1.54) is 6.20 Å². The van der Waals surface area contributed by atoms with Gasteiger partial charge in [0.15, 0.2) is 0 Å². The van der Waals surface area contributed by atoms with Crippen LogP contribution in [0.1, 0.15) is 10.5 Å². The highest BCUT2D eigenvalue weighted by molar-refractivity contribution is 6.06. The monoisotopic (exact) mass is 242 g/mol. The molecule has 0 spiro atoms. The number of carbonyl (C=O) groups is 1. The molecule has 5 N–H and O–H groups in total. The first-order chi connectivity index (χ1) is 8.74. The van der Waals surface area contributed by atoms with Crippen molar-refractivity contribution < 1.29 is 4.79 Å². The average molecular weight is 242 g/mol. The van der Waals surface area contributed by atoms with Gasteiger partial charge in [0.05, 0.1) is 23.6 Å². The predicted octanol–water partition coefficient (Wildman–Crippen LogP) is 1.12. The normalized spacial score (nSPS) is 10.7. The van der Waals surface area contributed by atoms with E-state index in [-0.39, 0.29) is 11.6 Å². The van der Waals surface area contributed by atoms with Crippen LogP contribution in [-0.4, -0.2) is 26.3 Å². The van der Waals surface area contributed by atoms with Gasteiger partial charge in [0, 0.05) is 11.1 Å². The largest absolute Gasteiger partial charge is 0.396 e. The van der Waals surface area contributed by atoms with Crippen LogP contribution in [0.25, 0.3) is 10.9 Å². The number of nitrogens with one attached hydrogen (secondary N) is 3. The number of amides is 1. The maximum atomic E-state index is 11.9. The SMILES string of the molecule is Nc1cn[nH]c1C(=O)Nc1ccc2cn[nH]c2c1. The summed E-state index contributed by atoms with van der Waals surface area (Å²) in [6.07, 6.45) is 3.11. The minimum atomic E-state index is -0.330. The van der Waals surface area contributed by atoms with Crippen LogP contribution in [-0.2, 0) is 0 Å². The molecule has 0 atom stereocenters. The second-order valence-electron chi connectivity index (χ2n) is 3.83. The van der Waals surface area contributed by atoms with Crippen LogP contribution in [0.15, 0.2) is 30.6 Å². The van der Waals surface area contributed by atoms with Crippen LogP contribution < -0.4 is 11.1 Å². The Morgan fingerprint density at radius 1 is 1.22 bits per heavy atom. The van der Waals surface area contributed by atoms with Crippen molar-refractivity contribution in [3.05, 3.63) is 36.3 Å². The lowest BCUT2D eigenvalue weighted by molar-refractivity contribution is 0.102. The van der Waals surface area contributed by atoms with Crippen molar-refractivity contribution in [2.75, 3.05) is 11.1 Å². The third kappa shape index (κ3) is 1.67. The number of H-pyrrole nitrogens is 2. The molecular weight excluding hydrogens is 232 g/mol. The molecule has 0 saturated heterocycles. The fraction of sp³-hybridized carbons (Fsp3) is 0. The summed E-state index contributed by atoms with van der Waals surface area (Å²) in [6, 6.07) is 5.46. The number of carbonyl (C=O) groups excluding carboxylic acids is 1. The number of anilines is 2. The zero-order valence-electron chi connectivity index (χ0n) is 9.27. The zero-order valence-corrected chi connectivity index (χ0v) is 9.27. The van der Waals surface area contributed by atoms with Gasteiger partial charge in [-0.1, -0.05) is 0 Å². The Bertz CT molecular complexity index is 713. The minimum absolute atomic E-state index is 0.250. The highest BCUT2D eigenvalue weighted by atomic mass is 16.1. The van der Waals surface area contributed by atoms with Crippen LogP contribution in [0.2, 0.25) is 0 Å². The van der Waals surface area contributed by atoms with E-state index in [1.807, 2.05) is 6.07 Å². The first kappa shape index (κ1) is 10.3. The molecule has 0 aliphatic heterocycles. The summed E-state index contributed by atoms with van der Waals surface area (Å²) in [7, 11) is 0. The Morgan fingerprint density at radius 2 is 2.06 bits per heavy atom. The molecule has 0 bridgehead atoms. The third-order valence-electron chi connectivity index (χ3n) is 2.60. The number of benzene rings is 1. The summed E-state index contributed by atoms with van der Waals surface area (Å²) >= 11 is 0. The number of aromatic amines is 2. The predicted molar refractivity (Wildman–Crippen MR) is 67.0 cm³/mol. The lowest BCUT2D eigenvalue weighted by Crippen LogP contribution is -2.14. The van der Waals surface area contributed by atoms with Crippen molar-refractivity contribution in [2.45, 2.75) is 0 Å². The molecule has 3 aromatic rings. The summed E-state index contributed by atoms with van der Waals surface area (Å²) in [5.41, 5.74) is 7.67. The summed E-state index contributed by atoms with van der Waals surface area (Å²) < 4.78 is 0. The molecule has 0 aliphatic carbocycles. The van der Waals surface area contributed by atoms with E-state index in [0.717, 1.165) is 10.9 Å². The number of nitrogens with two attached hydrogens (primary N) is 1. The van der Waals surface area contributed by atoms with Crippen LogP contribution in [0.4, 0.5) is 11.4 Å². The minimum Gasteiger partial charge on any atom is -0.396 e. The molecule has 7 heteroatoms. The molecule has 2 aromatic heterocycles. The van der Waals surface area contributed by atoms with Gasteiger partial charge in [0.2, 0.25) is 0 Å². The average Bonchev–Trinajstić information content (AvgIpc) is 2.96. The van der Waals surface area contributed by atoms with Crippen LogP contribution >= 0.6 is 0 Å². The molecule has 2 heterocycles. The number of rotatable bonds is 2. The Balaban J connectivity index is 1.88. The Kier molecular flexibility index (Phi) is 2.23. The number of hydrogen-bond donors (Lipinski definition) is 4. The van der Waals surface area contributed by atoms with E-state index in [0.29, 0.717) is 11.4 Å². The molecule has 90 valence electrons. The maximum absolute atomic E-state index is 11.9. The lowest BCUT2D eigenvalue weighted by Gasteiger charge is -2.04. The Hall–Kier alpha value is -2.83. The van der Waals surface area contributed by atoms with Crippen molar-refractivity contribution in [2.24, 2.45) is 0 Å². The van der Waals surface area contributed by atoms with Crippen molar-refractivity contribution in [1.82, 2.24) is 20.4 Å². The first-order valence-corrected chi connectivity index (χ1v) is 5.27. The second kappa shape index (κ2) is 3.88. The summed E-state index contributed by atoms with van der Waals surface area (Å²) in [5.74, 6) is -0.330. The van der Waals surface area contributed by atoms with E-state index in [1.54, 1.807) is 18.3 Å². The molecule has 18 heavy (non-hydrogen) atoms.